The fourth-order valence-electron chi connectivity index (χ4n) is 1.16. The first-order chi connectivity index (χ1) is 7.49. The molecule has 0 saturated heterocycles. The summed E-state index contributed by atoms with van der Waals surface area (Å²) in [6.45, 7) is 0. The maximum Gasteiger partial charge on any atom is 0.320 e. The minimum absolute atomic E-state index is 0.207. The van der Waals surface area contributed by atoms with Gasteiger partial charge in [-0.3, -0.25) is 9.52 Å². The third kappa shape index (κ3) is 3.87. The summed E-state index contributed by atoms with van der Waals surface area (Å²) >= 11 is 0. The van der Waals surface area contributed by atoms with E-state index >= 15 is 0 Å². The third-order valence-electron chi connectivity index (χ3n) is 1.95. The van der Waals surface area contributed by atoms with Crippen molar-refractivity contribution in [2.75, 3.05) is 4.72 Å². The van der Waals surface area contributed by atoms with E-state index in [1.165, 1.54) is 0 Å². The van der Waals surface area contributed by atoms with E-state index in [4.69, 9.17) is 10.8 Å². The number of benzene rings is 1. The largest absolute Gasteiger partial charge is 0.480 e. The Morgan fingerprint density at radius 3 is 2.38 bits per heavy atom. The lowest BCUT2D eigenvalue weighted by molar-refractivity contribution is -0.138. The van der Waals surface area contributed by atoms with Crippen LogP contribution in [0.25, 0.3) is 0 Å². The standard InChI is InChI=1S/C9H12N2O4S/c10-8(9(12)13)5-6-1-3-7(4-2-6)11-16(14)15/h1-4,8,16H,5,10H2,(H,12,13)(H,11,14,15)/t8-/m0/s1. The summed E-state index contributed by atoms with van der Waals surface area (Å²) in [7, 11) is -2.68. The van der Waals surface area contributed by atoms with Gasteiger partial charge in [-0.15, -0.1) is 0 Å². The van der Waals surface area contributed by atoms with Gasteiger partial charge in [0.25, 0.3) is 0 Å². The molecule has 0 aliphatic heterocycles. The quantitative estimate of drug-likeness (QED) is 0.526. The molecule has 0 fully saturated rings. The van der Waals surface area contributed by atoms with E-state index < -0.39 is 22.9 Å². The van der Waals surface area contributed by atoms with Gasteiger partial charge in [0.15, 0.2) is 0 Å². The number of nitrogens with one attached hydrogen (secondary N) is 1. The lowest BCUT2D eigenvalue weighted by Crippen LogP contribution is -2.32. The van der Waals surface area contributed by atoms with Crippen molar-refractivity contribution in [1.29, 1.82) is 0 Å². The van der Waals surface area contributed by atoms with E-state index in [9.17, 15) is 13.2 Å². The Balaban J connectivity index is 2.68. The Labute approximate surface area is 94.2 Å². The predicted molar refractivity (Wildman–Crippen MR) is 59.7 cm³/mol. The molecule has 0 heterocycles. The van der Waals surface area contributed by atoms with Crippen LogP contribution in [0.4, 0.5) is 5.69 Å². The van der Waals surface area contributed by atoms with Gasteiger partial charge in [0.1, 0.15) is 6.04 Å². The molecule has 0 unspecified atom stereocenters. The lowest BCUT2D eigenvalue weighted by Gasteiger charge is -2.06. The molecule has 6 nitrogen and oxygen atoms in total. The first kappa shape index (κ1) is 12.5. The van der Waals surface area contributed by atoms with Gasteiger partial charge in [-0.25, -0.2) is 8.42 Å². The molecule has 0 radical (unpaired) electrons. The zero-order valence-electron chi connectivity index (χ0n) is 8.29. The average Bonchev–Trinajstić information content (AvgIpc) is 2.20. The predicted octanol–water partition coefficient (Wildman–Crippen LogP) is -0.421. The molecule has 0 amide bonds. The summed E-state index contributed by atoms with van der Waals surface area (Å²) in [4.78, 5) is 10.5. The number of carboxylic acids is 1. The van der Waals surface area contributed by atoms with Crippen molar-refractivity contribution in [3.05, 3.63) is 29.8 Å². The normalized spacial score (nSPS) is 12.4. The molecular formula is C9H12N2O4S. The highest BCUT2D eigenvalue weighted by Gasteiger charge is 2.11. The van der Waals surface area contributed by atoms with Gasteiger partial charge in [0, 0.05) is 5.69 Å². The van der Waals surface area contributed by atoms with E-state index in [1.54, 1.807) is 24.3 Å². The van der Waals surface area contributed by atoms with Crippen molar-refractivity contribution in [1.82, 2.24) is 0 Å². The van der Waals surface area contributed by atoms with Crippen LogP contribution < -0.4 is 10.5 Å². The van der Waals surface area contributed by atoms with Crippen molar-refractivity contribution in [3.8, 4) is 0 Å². The number of anilines is 1. The summed E-state index contributed by atoms with van der Waals surface area (Å²) in [6, 6.07) is 5.41. The fraction of sp³-hybridized carbons (Fsp3) is 0.222. The molecular weight excluding hydrogens is 232 g/mol. The Morgan fingerprint density at radius 1 is 1.38 bits per heavy atom. The SMILES string of the molecule is N[C@@H](Cc1ccc(N[SH](=O)=O)cc1)C(=O)O. The van der Waals surface area contributed by atoms with Crippen LogP contribution in [-0.2, 0) is 22.1 Å². The Bertz CT molecular complexity index is 433. The second-order valence-corrected chi connectivity index (χ2v) is 3.95. The van der Waals surface area contributed by atoms with Crippen LogP contribution in [0.3, 0.4) is 0 Å². The van der Waals surface area contributed by atoms with E-state index in [-0.39, 0.29) is 6.42 Å². The van der Waals surface area contributed by atoms with Gasteiger partial charge in [-0.05, 0) is 24.1 Å². The van der Waals surface area contributed by atoms with Crippen molar-refractivity contribution >= 4 is 22.5 Å². The molecule has 0 aliphatic carbocycles. The minimum atomic E-state index is -2.68. The first-order valence-electron chi connectivity index (χ1n) is 4.47. The molecule has 7 heteroatoms. The van der Waals surface area contributed by atoms with Crippen LogP contribution >= 0.6 is 0 Å². The Morgan fingerprint density at radius 2 is 1.94 bits per heavy atom. The highest BCUT2D eigenvalue weighted by molar-refractivity contribution is 7.73. The van der Waals surface area contributed by atoms with Crippen LogP contribution in [0, 0.1) is 0 Å². The van der Waals surface area contributed by atoms with Gasteiger partial charge in [-0.2, -0.15) is 0 Å². The molecule has 1 aromatic carbocycles. The molecule has 1 rings (SSSR count). The summed E-state index contributed by atoms with van der Waals surface area (Å²) < 4.78 is 22.9. The number of thiol groups is 1. The second kappa shape index (κ2) is 5.47. The Hall–Kier alpha value is -1.60. The highest BCUT2D eigenvalue weighted by Crippen LogP contribution is 2.10. The molecule has 16 heavy (non-hydrogen) atoms. The van der Waals surface area contributed by atoms with Crippen LogP contribution in [0.2, 0.25) is 0 Å². The second-order valence-electron chi connectivity index (χ2n) is 3.21. The molecule has 0 spiro atoms. The summed E-state index contributed by atoms with van der Waals surface area (Å²) in [5, 5.41) is 8.60. The van der Waals surface area contributed by atoms with E-state index in [0.29, 0.717) is 5.69 Å². The molecule has 1 aromatic rings. The van der Waals surface area contributed by atoms with Gasteiger partial charge in [-0.1, -0.05) is 12.1 Å². The van der Waals surface area contributed by atoms with Gasteiger partial charge in [0.05, 0.1) is 0 Å². The maximum absolute atomic E-state index is 10.5. The van der Waals surface area contributed by atoms with Crippen molar-refractivity contribution in [2.24, 2.45) is 5.73 Å². The van der Waals surface area contributed by atoms with E-state index in [2.05, 4.69) is 4.72 Å². The summed E-state index contributed by atoms with van der Waals surface area (Å²) in [5.74, 6) is -1.06. The van der Waals surface area contributed by atoms with Gasteiger partial charge >= 0.3 is 5.97 Å². The van der Waals surface area contributed by atoms with E-state index in [1.807, 2.05) is 0 Å². The molecule has 1 atom stereocenters. The van der Waals surface area contributed by atoms with Gasteiger partial charge < -0.3 is 10.8 Å². The zero-order chi connectivity index (χ0) is 12.1. The molecule has 0 bridgehead atoms. The van der Waals surface area contributed by atoms with Gasteiger partial charge in [0.2, 0.25) is 10.9 Å². The van der Waals surface area contributed by atoms with Crippen molar-refractivity contribution < 1.29 is 18.3 Å². The van der Waals surface area contributed by atoms with Crippen molar-refractivity contribution in [3.63, 3.8) is 0 Å². The zero-order valence-corrected chi connectivity index (χ0v) is 9.18. The number of hydrogen-bond donors (Lipinski definition) is 4. The minimum Gasteiger partial charge on any atom is -0.480 e. The lowest BCUT2D eigenvalue weighted by atomic mass is 10.1. The van der Waals surface area contributed by atoms with Crippen molar-refractivity contribution in [2.45, 2.75) is 12.5 Å². The Kier molecular flexibility index (Phi) is 4.27. The number of carboxylic acid groups (broad SMARTS) is 1. The number of nitrogens with two attached hydrogens (primary N) is 1. The number of aliphatic carboxylic acids is 1. The number of rotatable bonds is 5. The molecule has 88 valence electrons. The van der Waals surface area contributed by atoms with Crippen LogP contribution in [0.5, 0.6) is 0 Å². The number of hydrogen-bond acceptors (Lipinski definition) is 4. The fourth-order valence-corrected chi connectivity index (χ4v) is 1.52. The molecule has 0 aliphatic rings. The molecule has 0 aromatic heterocycles. The molecule has 0 saturated carbocycles. The highest BCUT2D eigenvalue weighted by atomic mass is 32.2. The van der Waals surface area contributed by atoms with Crippen LogP contribution in [0.15, 0.2) is 24.3 Å². The monoisotopic (exact) mass is 244 g/mol. The number of carbonyl (C=O) groups is 1. The van der Waals surface area contributed by atoms with Crippen LogP contribution in [0.1, 0.15) is 5.56 Å². The third-order valence-corrected chi connectivity index (χ3v) is 2.39. The molecule has 4 N–H and O–H groups in total. The average molecular weight is 244 g/mol. The topological polar surface area (TPSA) is 109 Å². The summed E-state index contributed by atoms with van der Waals surface area (Å²) in [6.07, 6.45) is 0.207. The summed E-state index contributed by atoms with van der Waals surface area (Å²) in [5.41, 5.74) is 6.53. The van der Waals surface area contributed by atoms with E-state index in [0.717, 1.165) is 5.56 Å². The first-order valence-corrected chi connectivity index (χ1v) is 5.65. The smallest absolute Gasteiger partial charge is 0.320 e. The van der Waals surface area contributed by atoms with Crippen LogP contribution in [-0.4, -0.2) is 25.5 Å². The maximum atomic E-state index is 10.5.